The number of nitrogens with one attached hydrogen (secondary N) is 1. The van der Waals surface area contributed by atoms with Crippen LogP contribution >= 0.6 is 0 Å². The molecule has 0 bridgehead atoms. The Morgan fingerprint density at radius 1 is 1.21 bits per heavy atom. The molecule has 124 valence electrons. The molecule has 2 aromatic rings. The molecule has 0 radical (unpaired) electrons. The van der Waals surface area contributed by atoms with Crippen LogP contribution in [-0.2, 0) is 0 Å². The highest BCUT2D eigenvalue weighted by Gasteiger charge is 2.26. The molecular formula is C20H23N3O. The molecule has 0 saturated carbocycles. The molecule has 24 heavy (non-hydrogen) atoms. The highest BCUT2D eigenvalue weighted by atomic mass is 16.2. The minimum Gasteiger partial charge on any atom is -0.318 e. The number of likely N-dealkylation sites (tertiary alicyclic amines) is 1. The van der Waals surface area contributed by atoms with Gasteiger partial charge in [-0.25, -0.2) is 4.79 Å². The number of rotatable bonds is 3. The Hall–Kier alpha value is -2.62. The molecular weight excluding hydrogens is 298 g/mol. The predicted molar refractivity (Wildman–Crippen MR) is 97.9 cm³/mol. The zero-order valence-electron chi connectivity index (χ0n) is 14.2. The molecule has 1 aromatic heterocycles. The van der Waals surface area contributed by atoms with Crippen molar-refractivity contribution in [3.8, 4) is 0 Å². The second-order valence-electron chi connectivity index (χ2n) is 6.24. The number of benzene rings is 1. The number of anilines is 1. The molecule has 1 aliphatic rings. The van der Waals surface area contributed by atoms with Gasteiger partial charge in [-0.2, -0.15) is 0 Å². The molecule has 4 nitrogen and oxygen atoms in total. The van der Waals surface area contributed by atoms with Gasteiger partial charge in [0.15, 0.2) is 0 Å². The summed E-state index contributed by atoms with van der Waals surface area (Å²) in [5.74, 6) is 0. The van der Waals surface area contributed by atoms with E-state index in [0.717, 1.165) is 42.0 Å². The maximum Gasteiger partial charge on any atom is 0.322 e. The van der Waals surface area contributed by atoms with Crippen molar-refractivity contribution in [2.45, 2.75) is 32.7 Å². The Kier molecular flexibility index (Phi) is 4.94. The lowest BCUT2D eigenvalue weighted by Gasteiger charge is -2.23. The minimum atomic E-state index is -0.0415. The van der Waals surface area contributed by atoms with Crippen LogP contribution in [-0.4, -0.2) is 28.5 Å². The number of carbonyl (C=O) groups is 1. The fourth-order valence-corrected chi connectivity index (χ4v) is 3.13. The molecule has 0 spiro atoms. The van der Waals surface area contributed by atoms with Crippen LogP contribution in [0.15, 0.2) is 48.5 Å². The van der Waals surface area contributed by atoms with Crippen LogP contribution < -0.4 is 5.32 Å². The summed E-state index contributed by atoms with van der Waals surface area (Å²) in [7, 11) is 0. The monoisotopic (exact) mass is 321 g/mol. The molecule has 4 heteroatoms. The second-order valence-corrected chi connectivity index (χ2v) is 6.24. The molecule has 1 aliphatic heterocycles. The van der Waals surface area contributed by atoms with E-state index in [1.807, 2.05) is 49.1 Å². The van der Waals surface area contributed by atoms with E-state index in [1.54, 1.807) is 0 Å². The molecule has 2 heterocycles. The highest BCUT2D eigenvalue weighted by molar-refractivity contribution is 5.90. The molecule has 1 saturated heterocycles. The van der Waals surface area contributed by atoms with Gasteiger partial charge in [-0.15, -0.1) is 0 Å². The third kappa shape index (κ3) is 4.02. The third-order valence-electron chi connectivity index (χ3n) is 4.20. The number of aromatic nitrogens is 1. The maximum absolute atomic E-state index is 12.6. The third-order valence-corrected chi connectivity index (χ3v) is 4.20. The van der Waals surface area contributed by atoms with Crippen molar-refractivity contribution in [2.24, 2.45) is 0 Å². The number of urea groups is 1. The Morgan fingerprint density at radius 2 is 1.92 bits per heavy atom. The topological polar surface area (TPSA) is 45.2 Å². The van der Waals surface area contributed by atoms with Crippen molar-refractivity contribution in [1.29, 1.82) is 0 Å². The first-order valence-corrected chi connectivity index (χ1v) is 8.38. The Morgan fingerprint density at radius 3 is 2.62 bits per heavy atom. The summed E-state index contributed by atoms with van der Waals surface area (Å²) < 4.78 is 0. The lowest BCUT2D eigenvalue weighted by molar-refractivity contribution is 0.214. The fraction of sp³-hybridized carbons (Fsp3) is 0.300. The van der Waals surface area contributed by atoms with Crippen LogP contribution in [0.1, 0.15) is 29.8 Å². The number of hydrogen-bond acceptors (Lipinski definition) is 2. The Labute approximate surface area is 143 Å². The summed E-state index contributed by atoms with van der Waals surface area (Å²) in [6.07, 6.45) is 6.26. The quantitative estimate of drug-likeness (QED) is 0.910. The van der Waals surface area contributed by atoms with Gasteiger partial charge in [-0.1, -0.05) is 42.5 Å². The summed E-state index contributed by atoms with van der Waals surface area (Å²) >= 11 is 0. The number of nitrogens with zero attached hydrogens (tertiary/aromatic N) is 2. The van der Waals surface area contributed by atoms with E-state index in [1.165, 1.54) is 0 Å². The summed E-state index contributed by atoms with van der Waals surface area (Å²) in [5, 5.41) is 3.01. The number of pyridine rings is 1. The molecule has 1 fully saturated rings. The molecule has 3 rings (SSSR count). The molecule has 1 unspecified atom stereocenters. The number of amides is 2. The van der Waals surface area contributed by atoms with Gasteiger partial charge in [0.25, 0.3) is 0 Å². The average Bonchev–Trinajstić information content (AvgIpc) is 3.01. The summed E-state index contributed by atoms with van der Waals surface area (Å²) in [5.41, 5.74) is 3.78. The zero-order valence-corrected chi connectivity index (χ0v) is 14.2. The Balaban J connectivity index is 1.68. The normalized spacial score (nSPS) is 17.4. The van der Waals surface area contributed by atoms with E-state index < -0.39 is 0 Å². The number of carbonyl (C=O) groups excluding carboxylic acids is 1. The van der Waals surface area contributed by atoms with Crippen molar-refractivity contribution in [3.05, 3.63) is 65.5 Å². The summed E-state index contributed by atoms with van der Waals surface area (Å²) in [4.78, 5) is 18.9. The van der Waals surface area contributed by atoms with Crippen molar-refractivity contribution < 1.29 is 4.79 Å². The van der Waals surface area contributed by atoms with E-state index in [2.05, 4.69) is 34.6 Å². The van der Waals surface area contributed by atoms with E-state index in [0.29, 0.717) is 0 Å². The summed E-state index contributed by atoms with van der Waals surface area (Å²) in [6.45, 7) is 4.66. The van der Waals surface area contributed by atoms with E-state index in [-0.39, 0.29) is 12.1 Å². The molecule has 1 atom stereocenters. The Bertz CT molecular complexity index is 720. The van der Waals surface area contributed by atoms with Gasteiger partial charge in [0.1, 0.15) is 0 Å². The van der Waals surface area contributed by atoms with Crippen LogP contribution in [0.4, 0.5) is 10.5 Å². The molecule has 1 aromatic carbocycles. The average molecular weight is 321 g/mol. The molecule has 1 N–H and O–H groups in total. The van der Waals surface area contributed by atoms with Crippen LogP contribution in [0.25, 0.3) is 6.08 Å². The van der Waals surface area contributed by atoms with Crippen molar-refractivity contribution in [1.82, 2.24) is 9.88 Å². The molecule has 0 aliphatic carbocycles. The lowest BCUT2D eigenvalue weighted by atomic mass is 10.1. The van der Waals surface area contributed by atoms with Crippen molar-refractivity contribution in [2.75, 3.05) is 11.9 Å². The second kappa shape index (κ2) is 7.30. The van der Waals surface area contributed by atoms with Gasteiger partial charge >= 0.3 is 6.03 Å². The van der Waals surface area contributed by atoms with Gasteiger partial charge in [0.2, 0.25) is 0 Å². The smallest absolute Gasteiger partial charge is 0.318 e. The van der Waals surface area contributed by atoms with Gasteiger partial charge in [-0.05, 0) is 44.4 Å². The SMILES string of the molecule is Cc1cc(NC(=O)N2CCCC2/C=C/c2ccccc2)cc(C)n1. The first-order valence-electron chi connectivity index (χ1n) is 8.38. The molecule has 2 amide bonds. The van der Waals surface area contributed by atoms with Crippen LogP contribution in [0, 0.1) is 13.8 Å². The highest BCUT2D eigenvalue weighted by Crippen LogP contribution is 2.21. The van der Waals surface area contributed by atoms with Crippen LogP contribution in [0.3, 0.4) is 0 Å². The van der Waals surface area contributed by atoms with Crippen LogP contribution in [0.2, 0.25) is 0 Å². The summed E-state index contributed by atoms with van der Waals surface area (Å²) in [6, 6.07) is 14.1. The first kappa shape index (κ1) is 16.2. The maximum atomic E-state index is 12.6. The first-order chi connectivity index (χ1) is 11.6. The zero-order chi connectivity index (χ0) is 16.9. The van der Waals surface area contributed by atoms with Gasteiger partial charge < -0.3 is 10.2 Å². The van der Waals surface area contributed by atoms with E-state index >= 15 is 0 Å². The predicted octanol–water partition coefficient (Wildman–Crippen LogP) is 4.41. The van der Waals surface area contributed by atoms with Crippen LogP contribution in [0.5, 0.6) is 0 Å². The van der Waals surface area contributed by atoms with E-state index in [9.17, 15) is 4.79 Å². The standard InChI is InChI=1S/C20H23N3O/c1-15-13-18(14-16(2)21-15)22-20(24)23-12-6-9-19(23)11-10-17-7-4-3-5-8-17/h3-5,7-8,10-11,13-14,19H,6,9,12H2,1-2H3,(H,21,22,24)/b11-10+. The number of aryl methyl sites for hydroxylation is 2. The largest absolute Gasteiger partial charge is 0.322 e. The van der Waals surface area contributed by atoms with Crippen molar-refractivity contribution in [3.63, 3.8) is 0 Å². The lowest BCUT2D eigenvalue weighted by Crippen LogP contribution is -2.37. The van der Waals surface area contributed by atoms with Crippen molar-refractivity contribution >= 4 is 17.8 Å². The van der Waals surface area contributed by atoms with Gasteiger partial charge in [0, 0.05) is 23.6 Å². The number of hydrogen-bond donors (Lipinski definition) is 1. The van der Waals surface area contributed by atoms with Gasteiger partial charge in [0.05, 0.1) is 6.04 Å². The van der Waals surface area contributed by atoms with E-state index in [4.69, 9.17) is 0 Å². The van der Waals surface area contributed by atoms with Gasteiger partial charge in [-0.3, -0.25) is 4.98 Å². The fourth-order valence-electron chi connectivity index (χ4n) is 3.13. The minimum absolute atomic E-state index is 0.0415.